The topological polar surface area (TPSA) is 64.0 Å². The van der Waals surface area contributed by atoms with Crippen molar-refractivity contribution in [3.05, 3.63) is 56.7 Å². The number of amides is 1. The van der Waals surface area contributed by atoms with Gasteiger partial charge in [0.2, 0.25) is 5.91 Å². The maximum atomic E-state index is 12.4. The molecule has 0 atom stereocenters. The lowest BCUT2D eigenvalue weighted by atomic mass is 10.2. The fourth-order valence-electron chi connectivity index (χ4n) is 2.74. The minimum absolute atomic E-state index is 0.0442. The average Bonchev–Trinajstić information content (AvgIpc) is 2.91. The molecule has 0 fully saturated rings. The summed E-state index contributed by atoms with van der Waals surface area (Å²) in [7, 11) is 0. The maximum absolute atomic E-state index is 12.4. The molecule has 1 N–H and O–H groups in total. The minimum atomic E-state index is -0.271. The first kappa shape index (κ1) is 14.8. The number of nitrogens with one attached hydrogen (secondary N) is 1. The first-order valence-corrected chi connectivity index (χ1v) is 7.57. The van der Waals surface area contributed by atoms with Crippen molar-refractivity contribution in [1.82, 2.24) is 9.55 Å². The summed E-state index contributed by atoms with van der Waals surface area (Å²) in [5, 5.41) is 3.29. The molecule has 6 heteroatoms. The second-order valence-electron chi connectivity index (χ2n) is 5.39. The number of fused-ring (bicyclic) bond motifs is 1. The predicted octanol–water partition coefficient (Wildman–Crippen LogP) is 2.33. The van der Waals surface area contributed by atoms with Gasteiger partial charge in [-0.3, -0.25) is 14.2 Å². The maximum Gasteiger partial charge on any atom is 0.257 e. The first-order valence-electron chi connectivity index (χ1n) is 7.19. The van der Waals surface area contributed by atoms with Crippen LogP contribution < -0.4 is 10.9 Å². The molecule has 1 heterocycles. The molecule has 1 aromatic carbocycles. The Kier molecular flexibility index (Phi) is 3.98. The fraction of sp³-hybridized carbons (Fsp3) is 0.312. The SMILES string of the molecule is Cc1nc2c(c(=O)n1CC(=O)Nc1cccc(Cl)c1)CCC2. The summed E-state index contributed by atoms with van der Waals surface area (Å²) in [6.45, 7) is 1.71. The molecule has 0 radical (unpaired) electrons. The number of halogens is 1. The van der Waals surface area contributed by atoms with E-state index in [4.69, 9.17) is 11.6 Å². The molecule has 0 saturated heterocycles. The minimum Gasteiger partial charge on any atom is -0.324 e. The predicted molar refractivity (Wildman–Crippen MR) is 85.3 cm³/mol. The average molecular weight is 318 g/mol. The van der Waals surface area contributed by atoms with Gasteiger partial charge in [0, 0.05) is 16.3 Å². The van der Waals surface area contributed by atoms with Gasteiger partial charge in [-0.25, -0.2) is 4.98 Å². The third-order valence-corrected chi connectivity index (χ3v) is 4.02. The number of hydrogen-bond donors (Lipinski definition) is 1. The summed E-state index contributed by atoms with van der Waals surface area (Å²) >= 11 is 5.89. The van der Waals surface area contributed by atoms with Gasteiger partial charge in [-0.15, -0.1) is 0 Å². The fourth-order valence-corrected chi connectivity index (χ4v) is 2.93. The quantitative estimate of drug-likeness (QED) is 0.945. The van der Waals surface area contributed by atoms with Crippen LogP contribution in [-0.4, -0.2) is 15.5 Å². The van der Waals surface area contributed by atoms with Crippen LogP contribution in [-0.2, 0) is 24.2 Å². The summed E-state index contributed by atoms with van der Waals surface area (Å²) in [6, 6.07) is 6.90. The number of carbonyl (C=O) groups is 1. The van der Waals surface area contributed by atoms with Crippen LogP contribution >= 0.6 is 11.6 Å². The Bertz CT molecular complexity index is 798. The summed E-state index contributed by atoms with van der Waals surface area (Å²) < 4.78 is 1.43. The molecule has 3 rings (SSSR count). The van der Waals surface area contributed by atoms with Gasteiger partial charge in [-0.1, -0.05) is 17.7 Å². The van der Waals surface area contributed by atoms with Crippen LogP contribution in [0.25, 0.3) is 0 Å². The van der Waals surface area contributed by atoms with Gasteiger partial charge >= 0.3 is 0 Å². The Hall–Kier alpha value is -2.14. The number of benzene rings is 1. The highest BCUT2D eigenvalue weighted by Gasteiger charge is 2.20. The van der Waals surface area contributed by atoms with Crippen molar-refractivity contribution in [3.8, 4) is 0 Å². The van der Waals surface area contributed by atoms with E-state index in [0.29, 0.717) is 16.5 Å². The molecule has 114 valence electrons. The van der Waals surface area contributed by atoms with Crippen molar-refractivity contribution in [3.63, 3.8) is 0 Å². The van der Waals surface area contributed by atoms with Gasteiger partial charge in [-0.2, -0.15) is 0 Å². The van der Waals surface area contributed by atoms with Gasteiger partial charge in [0.25, 0.3) is 5.56 Å². The highest BCUT2D eigenvalue weighted by Crippen LogP contribution is 2.17. The Balaban J connectivity index is 1.81. The first-order chi connectivity index (χ1) is 10.5. The number of nitrogens with zero attached hydrogens (tertiary/aromatic N) is 2. The molecule has 0 bridgehead atoms. The van der Waals surface area contributed by atoms with Gasteiger partial charge in [0.05, 0.1) is 5.69 Å². The number of aromatic nitrogens is 2. The number of hydrogen-bond acceptors (Lipinski definition) is 3. The zero-order valence-electron chi connectivity index (χ0n) is 12.2. The second kappa shape index (κ2) is 5.93. The number of carbonyl (C=O) groups excluding carboxylic acids is 1. The molecule has 0 aliphatic heterocycles. The van der Waals surface area contributed by atoms with Crippen LogP contribution in [0, 0.1) is 6.92 Å². The Morgan fingerprint density at radius 3 is 3.00 bits per heavy atom. The molecule has 5 nitrogen and oxygen atoms in total. The Morgan fingerprint density at radius 2 is 2.23 bits per heavy atom. The van der Waals surface area contributed by atoms with Crippen LogP contribution in [0.15, 0.2) is 29.1 Å². The van der Waals surface area contributed by atoms with Crippen LogP contribution in [0.1, 0.15) is 23.5 Å². The van der Waals surface area contributed by atoms with E-state index in [2.05, 4.69) is 10.3 Å². The van der Waals surface area contributed by atoms with Crippen molar-refractivity contribution in [2.75, 3.05) is 5.32 Å². The lowest BCUT2D eigenvalue weighted by molar-refractivity contribution is -0.116. The molecule has 22 heavy (non-hydrogen) atoms. The van der Waals surface area contributed by atoms with Gasteiger partial charge < -0.3 is 5.32 Å². The van der Waals surface area contributed by atoms with E-state index in [1.807, 2.05) is 0 Å². The lowest BCUT2D eigenvalue weighted by Gasteiger charge is -2.12. The largest absolute Gasteiger partial charge is 0.324 e. The van der Waals surface area contributed by atoms with Crippen molar-refractivity contribution >= 4 is 23.2 Å². The number of anilines is 1. The molecule has 0 unspecified atom stereocenters. The van der Waals surface area contributed by atoms with E-state index in [0.717, 1.165) is 30.5 Å². The molecular weight excluding hydrogens is 302 g/mol. The number of aryl methyl sites for hydroxylation is 2. The molecule has 1 aliphatic carbocycles. The molecule has 1 aromatic heterocycles. The van der Waals surface area contributed by atoms with Crippen molar-refractivity contribution in [2.24, 2.45) is 0 Å². The Labute approximate surface area is 132 Å². The molecular formula is C16H16ClN3O2. The van der Waals surface area contributed by atoms with Crippen molar-refractivity contribution in [2.45, 2.75) is 32.7 Å². The molecule has 1 aliphatic rings. The van der Waals surface area contributed by atoms with E-state index in [-0.39, 0.29) is 18.0 Å². The standard InChI is InChI=1S/C16H16ClN3O2/c1-10-18-14-7-3-6-13(14)16(22)20(10)9-15(21)19-12-5-2-4-11(17)8-12/h2,4-5,8H,3,6-7,9H2,1H3,(H,19,21). The highest BCUT2D eigenvalue weighted by atomic mass is 35.5. The third kappa shape index (κ3) is 2.90. The molecule has 1 amide bonds. The van der Waals surface area contributed by atoms with E-state index in [1.165, 1.54) is 4.57 Å². The summed E-state index contributed by atoms with van der Waals surface area (Å²) in [6.07, 6.45) is 2.55. The molecule has 0 saturated carbocycles. The van der Waals surface area contributed by atoms with E-state index in [1.54, 1.807) is 31.2 Å². The second-order valence-corrected chi connectivity index (χ2v) is 5.82. The number of rotatable bonds is 3. The molecule has 2 aromatic rings. The van der Waals surface area contributed by atoms with E-state index in [9.17, 15) is 9.59 Å². The normalized spacial score (nSPS) is 13.0. The van der Waals surface area contributed by atoms with E-state index < -0.39 is 0 Å². The lowest BCUT2D eigenvalue weighted by Crippen LogP contribution is -2.32. The summed E-state index contributed by atoms with van der Waals surface area (Å²) in [5.41, 5.74) is 2.15. The van der Waals surface area contributed by atoms with Gasteiger partial charge in [0.15, 0.2) is 0 Å². The monoisotopic (exact) mass is 317 g/mol. The smallest absolute Gasteiger partial charge is 0.257 e. The Morgan fingerprint density at radius 1 is 1.41 bits per heavy atom. The van der Waals surface area contributed by atoms with Gasteiger partial charge in [-0.05, 0) is 44.4 Å². The highest BCUT2D eigenvalue weighted by molar-refractivity contribution is 6.30. The van der Waals surface area contributed by atoms with Crippen molar-refractivity contribution < 1.29 is 4.79 Å². The van der Waals surface area contributed by atoms with Crippen LogP contribution in [0.5, 0.6) is 0 Å². The third-order valence-electron chi connectivity index (χ3n) is 3.79. The summed E-state index contributed by atoms with van der Waals surface area (Å²) in [5.74, 6) is 0.305. The van der Waals surface area contributed by atoms with Crippen LogP contribution in [0.2, 0.25) is 5.02 Å². The van der Waals surface area contributed by atoms with E-state index >= 15 is 0 Å². The summed E-state index contributed by atoms with van der Waals surface area (Å²) in [4.78, 5) is 29.1. The zero-order chi connectivity index (χ0) is 15.7. The van der Waals surface area contributed by atoms with Gasteiger partial charge in [0.1, 0.15) is 12.4 Å². The molecule has 0 spiro atoms. The van der Waals surface area contributed by atoms with Crippen LogP contribution in [0.4, 0.5) is 5.69 Å². The van der Waals surface area contributed by atoms with Crippen molar-refractivity contribution in [1.29, 1.82) is 0 Å². The van der Waals surface area contributed by atoms with Crippen LogP contribution in [0.3, 0.4) is 0 Å². The zero-order valence-corrected chi connectivity index (χ0v) is 13.0.